The Kier molecular flexibility index (Phi) is 3.73. The first kappa shape index (κ1) is 13.4. The van der Waals surface area contributed by atoms with Gasteiger partial charge in [-0.1, -0.05) is 18.2 Å². The second kappa shape index (κ2) is 5.29. The number of rotatable bonds is 4. The highest BCUT2D eigenvalue weighted by molar-refractivity contribution is 7.89. The Morgan fingerprint density at radius 1 is 1.05 bits per heavy atom. The third-order valence-corrected chi connectivity index (χ3v) is 4.07. The molecule has 0 radical (unpaired) electrons. The second-order valence-electron chi connectivity index (χ2n) is 3.95. The molecule has 0 aliphatic rings. The van der Waals surface area contributed by atoms with Crippen LogP contribution in [0.15, 0.2) is 53.4 Å². The fraction of sp³-hybridized carbons (Fsp3) is 0.0769. The molecular weight excluding hydrogens is 262 g/mol. The summed E-state index contributed by atoms with van der Waals surface area (Å²) in [6.07, 6.45) is 0. The molecule has 0 bridgehead atoms. The minimum atomic E-state index is -3.48. The van der Waals surface area contributed by atoms with E-state index >= 15 is 0 Å². The highest BCUT2D eigenvalue weighted by atomic mass is 32.2. The van der Waals surface area contributed by atoms with E-state index in [0.717, 1.165) is 5.69 Å². The maximum Gasteiger partial charge on any atom is 0.240 e. The zero-order chi connectivity index (χ0) is 13.9. The number of nitrogens with one attached hydrogen (secondary N) is 2. The topological polar surface area (TPSA) is 84.2 Å². The van der Waals surface area contributed by atoms with Crippen molar-refractivity contribution in [1.82, 2.24) is 4.72 Å². The Morgan fingerprint density at radius 2 is 1.74 bits per heavy atom. The maximum absolute atomic E-state index is 11.7. The molecule has 0 spiro atoms. The summed E-state index contributed by atoms with van der Waals surface area (Å²) in [7, 11) is -2.10. The lowest BCUT2D eigenvalue weighted by Crippen LogP contribution is -2.18. The number of hydrogen-bond donors (Lipinski definition) is 3. The summed E-state index contributed by atoms with van der Waals surface area (Å²) in [5.74, 6) is 0. The number of nitrogens with two attached hydrogens (primary N) is 1. The standard InChI is InChI=1S/C13H15N3O2S/c1-15-19(17,18)11-7-8-12(14)13(9-11)16-10-5-3-2-4-6-10/h2-9,15-16H,14H2,1H3. The van der Waals surface area contributed by atoms with Gasteiger partial charge in [0.2, 0.25) is 10.0 Å². The molecule has 0 aliphatic heterocycles. The minimum Gasteiger partial charge on any atom is -0.397 e. The summed E-state index contributed by atoms with van der Waals surface area (Å²) in [6.45, 7) is 0. The Labute approximate surface area is 112 Å². The molecule has 0 aliphatic carbocycles. The molecule has 2 rings (SSSR count). The molecule has 0 saturated heterocycles. The molecule has 6 heteroatoms. The van der Waals surface area contributed by atoms with Crippen molar-refractivity contribution >= 4 is 27.1 Å². The van der Waals surface area contributed by atoms with Gasteiger partial charge in [0, 0.05) is 5.69 Å². The molecule has 100 valence electrons. The largest absolute Gasteiger partial charge is 0.397 e. The van der Waals surface area contributed by atoms with E-state index in [1.807, 2.05) is 30.3 Å². The van der Waals surface area contributed by atoms with Crippen molar-refractivity contribution in [1.29, 1.82) is 0 Å². The van der Waals surface area contributed by atoms with Crippen LogP contribution >= 0.6 is 0 Å². The van der Waals surface area contributed by atoms with Crippen LogP contribution in [0.25, 0.3) is 0 Å². The zero-order valence-corrected chi connectivity index (χ0v) is 11.2. The highest BCUT2D eigenvalue weighted by Gasteiger charge is 2.13. The van der Waals surface area contributed by atoms with Gasteiger partial charge >= 0.3 is 0 Å². The van der Waals surface area contributed by atoms with Crippen LogP contribution in [0.5, 0.6) is 0 Å². The first-order valence-electron chi connectivity index (χ1n) is 5.68. The van der Waals surface area contributed by atoms with Gasteiger partial charge in [0.15, 0.2) is 0 Å². The summed E-state index contributed by atoms with van der Waals surface area (Å²) < 4.78 is 25.7. The van der Waals surface area contributed by atoms with Crippen molar-refractivity contribution < 1.29 is 8.42 Å². The first-order chi connectivity index (χ1) is 9.03. The van der Waals surface area contributed by atoms with Crippen LogP contribution in [0, 0.1) is 0 Å². The van der Waals surface area contributed by atoms with E-state index in [0.29, 0.717) is 11.4 Å². The van der Waals surface area contributed by atoms with E-state index in [-0.39, 0.29) is 4.90 Å². The monoisotopic (exact) mass is 277 g/mol. The molecule has 0 amide bonds. The van der Waals surface area contributed by atoms with Gasteiger partial charge in [-0.05, 0) is 37.4 Å². The van der Waals surface area contributed by atoms with E-state index in [4.69, 9.17) is 5.73 Å². The Bertz CT molecular complexity index is 670. The third-order valence-electron chi connectivity index (χ3n) is 2.66. The van der Waals surface area contributed by atoms with Crippen LogP contribution < -0.4 is 15.8 Å². The van der Waals surface area contributed by atoms with E-state index in [2.05, 4.69) is 10.0 Å². The van der Waals surface area contributed by atoms with Gasteiger partial charge in [0.1, 0.15) is 0 Å². The summed E-state index contributed by atoms with van der Waals surface area (Å²) in [5.41, 5.74) is 7.73. The molecular formula is C13H15N3O2S. The molecule has 2 aromatic rings. The van der Waals surface area contributed by atoms with Crippen LogP contribution in [0.4, 0.5) is 17.1 Å². The van der Waals surface area contributed by atoms with Gasteiger partial charge < -0.3 is 11.1 Å². The minimum absolute atomic E-state index is 0.169. The average molecular weight is 277 g/mol. The molecule has 0 fully saturated rings. The average Bonchev–Trinajstić information content (AvgIpc) is 2.42. The predicted octanol–water partition coefficient (Wildman–Crippen LogP) is 1.92. The lowest BCUT2D eigenvalue weighted by Gasteiger charge is -2.11. The zero-order valence-electron chi connectivity index (χ0n) is 10.4. The fourth-order valence-corrected chi connectivity index (χ4v) is 2.36. The molecule has 0 saturated carbocycles. The van der Waals surface area contributed by atoms with Crippen molar-refractivity contribution in [3.63, 3.8) is 0 Å². The van der Waals surface area contributed by atoms with Gasteiger partial charge in [0.05, 0.1) is 16.3 Å². The van der Waals surface area contributed by atoms with Crippen LogP contribution in [0.2, 0.25) is 0 Å². The van der Waals surface area contributed by atoms with Gasteiger partial charge in [0.25, 0.3) is 0 Å². The van der Waals surface area contributed by atoms with E-state index in [9.17, 15) is 8.42 Å². The SMILES string of the molecule is CNS(=O)(=O)c1ccc(N)c(Nc2ccccc2)c1. The van der Waals surface area contributed by atoms with Gasteiger partial charge in [-0.15, -0.1) is 0 Å². The Hall–Kier alpha value is -2.05. The quantitative estimate of drug-likeness (QED) is 0.745. The smallest absolute Gasteiger partial charge is 0.240 e. The van der Waals surface area contributed by atoms with Crippen molar-refractivity contribution in [3.05, 3.63) is 48.5 Å². The van der Waals surface area contributed by atoms with Gasteiger partial charge in [-0.2, -0.15) is 0 Å². The Morgan fingerprint density at radius 3 is 2.37 bits per heavy atom. The molecule has 4 N–H and O–H groups in total. The number of para-hydroxylation sites is 1. The highest BCUT2D eigenvalue weighted by Crippen LogP contribution is 2.26. The molecule has 19 heavy (non-hydrogen) atoms. The number of hydrogen-bond acceptors (Lipinski definition) is 4. The van der Waals surface area contributed by atoms with Crippen molar-refractivity contribution in [2.45, 2.75) is 4.90 Å². The van der Waals surface area contributed by atoms with E-state index in [1.165, 1.54) is 19.2 Å². The fourth-order valence-electron chi connectivity index (χ4n) is 1.61. The lowest BCUT2D eigenvalue weighted by molar-refractivity contribution is 0.588. The predicted molar refractivity (Wildman–Crippen MR) is 76.8 cm³/mol. The number of sulfonamides is 1. The van der Waals surface area contributed by atoms with Crippen molar-refractivity contribution in [3.8, 4) is 0 Å². The molecule has 0 atom stereocenters. The summed E-state index contributed by atoms with van der Waals surface area (Å²) in [5, 5.41) is 3.09. The van der Waals surface area contributed by atoms with Crippen LogP contribution in [0.1, 0.15) is 0 Å². The first-order valence-corrected chi connectivity index (χ1v) is 7.16. The normalized spacial score (nSPS) is 11.2. The molecule has 0 aromatic heterocycles. The number of benzene rings is 2. The van der Waals surface area contributed by atoms with Gasteiger partial charge in [-0.3, -0.25) is 0 Å². The van der Waals surface area contributed by atoms with Crippen LogP contribution in [0.3, 0.4) is 0 Å². The summed E-state index contributed by atoms with van der Waals surface area (Å²) in [4.78, 5) is 0.169. The molecule has 0 unspecified atom stereocenters. The lowest BCUT2D eigenvalue weighted by atomic mass is 10.2. The number of nitrogen functional groups attached to an aromatic ring is 1. The summed E-state index contributed by atoms with van der Waals surface area (Å²) in [6, 6.07) is 14.0. The Balaban J connectivity index is 2.38. The van der Waals surface area contributed by atoms with E-state index in [1.54, 1.807) is 6.07 Å². The van der Waals surface area contributed by atoms with Crippen LogP contribution in [-0.4, -0.2) is 15.5 Å². The number of anilines is 3. The van der Waals surface area contributed by atoms with Crippen LogP contribution in [-0.2, 0) is 10.0 Å². The molecule has 5 nitrogen and oxygen atoms in total. The summed E-state index contributed by atoms with van der Waals surface area (Å²) >= 11 is 0. The molecule has 0 heterocycles. The second-order valence-corrected chi connectivity index (χ2v) is 5.83. The van der Waals surface area contributed by atoms with Crippen molar-refractivity contribution in [2.75, 3.05) is 18.1 Å². The van der Waals surface area contributed by atoms with Crippen molar-refractivity contribution in [2.24, 2.45) is 0 Å². The van der Waals surface area contributed by atoms with E-state index < -0.39 is 10.0 Å². The maximum atomic E-state index is 11.7. The third kappa shape index (κ3) is 3.04. The molecule has 2 aromatic carbocycles. The van der Waals surface area contributed by atoms with Gasteiger partial charge in [-0.25, -0.2) is 13.1 Å².